The van der Waals surface area contributed by atoms with Gasteiger partial charge in [-0.15, -0.1) is 0 Å². The van der Waals surface area contributed by atoms with Crippen LogP contribution in [-0.2, 0) is 26.1 Å². The molecule has 7 nitrogen and oxygen atoms in total. The van der Waals surface area contributed by atoms with Crippen molar-refractivity contribution < 1.29 is 22.7 Å². The Morgan fingerprint density at radius 1 is 1.11 bits per heavy atom. The molecule has 0 heterocycles. The van der Waals surface area contributed by atoms with E-state index in [1.54, 1.807) is 36.4 Å². The molecule has 0 aliphatic carbocycles. The van der Waals surface area contributed by atoms with Gasteiger partial charge < -0.3 is 10.1 Å². The number of ether oxygens (including phenoxy) is 1. The average Bonchev–Trinajstić information content (AvgIpc) is 2.62. The molecule has 0 aromatic heterocycles. The number of hydrogen-bond donors (Lipinski definition) is 1. The number of anilines is 1. The third-order valence-electron chi connectivity index (χ3n) is 3.70. The van der Waals surface area contributed by atoms with Crippen molar-refractivity contribution in [3.8, 4) is 0 Å². The van der Waals surface area contributed by atoms with E-state index in [9.17, 15) is 18.0 Å². The lowest BCUT2D eigenvalue weighted by Gasteiger charge is -2.20. The number of methoxy groups -OCH3 is 1. The molecule has 0 aliphatic rings. The van der Waals surface area contributed by atoms with Crippen LogP contribution in [0.4, 0.5) is 5.69 Å². The van der Waals surface area contributed by atoms with Crippen LogP contribution < -0.4 is 5.32 Å². The van der Waals surface area contributed by atoms with Gasteiger partial charge in [0.1, 0.15) is 0 Å². The van der Waals surface area contributed by atoms with Gasteiger partial charge in [-0.05, 0) is 23.8 Å². The van der Waals surface area contributed by atoms with Crippen LogP contribution in [0.25, 0.3) is 0 Å². The Bertz CT molecular complexity index is 946. The van der Waals surface area contributed by atoms with Gasteiger partial charge in [-0.25, -0.2) is 13.2 Å². The Morgan fingerprint density at radius 3 is 2.37 bits per heavy atom. The topological polar surface area (TPSA) is 92.8 Å². The molecule has 0 saturated carbocycles. The van der Waals surface area contributed by atoms with E-state index >= 15 is 0 Å². The molecule has 0 atom stereocenters. The van der Waals surface area contributed by atoms with E-state index in [1.807, 2.05) is 0 Å². The highest BCUT2D eigenvalue weighted by Crippen LogP contribution is 2.19. The van der Waals surface area contributed by atoms with Crippen molar-refractivity contribution in [1.82, 2.24) is 4.31 Å². The van der Waals surface area contributed by atoms with Gasteiger partial charge in [0.2, 0.25) is 15.9 Å². The number of hydrogen-bond acceptors (Lipinski definition) is 5. The Kier molecular flexibility index (Phi) is 6.95. The van der Waals surface area contributed by atoms with E-state index in [2.05, 4.69) is 10.1 Å². The van der Waals surface area contributed by atoms with Crippen molar-refractivity contribution >= 4 is 39.2 Å². The number of carbonyl (C=O) groups is 2. The number of nitrogens with one attached hydrogen (secondary N) is 1. The number of amides is 1. The molecule has 144 valence electrons. The molecular formula is C18H19ClN2O5S. The fourth-order valence-electron chi connectivity index (χ4n) is 2.34. The third-order valence-corrected chi connectivity index (χ3v) is 5.26. The van der Waals surface area contributed by atoms with Crippen molar-refractivity contribution in [2.75, 3.05) is 25.2 Å². The summed E-state index contributed by atoms with van der Waals surface area (Å²) in [6.07, 6.45) is 1.01. The Morgan fingerprint density at radius 2 is 1.74 bits per heavy atom. The molecule has 1 amide bonds. The lowest BCUT2D eigenvalue weighted by Crippen LogP contribution is -2.37. The maximum absolute atomic E-state index is 12.4. The summed E-state index contributed by atoms with van der Waals surface area (Å²) in [6.45, 7) is -0.482. The minimum atomic E-state index is -3.68. The predicted octanol–water partition coefficient (Wildman–Crippen LogP) is 2.53. The molecule has 27 heavy (non-hydrogen) atoms. The molecule has 0 spiro atoms. The third kappa shape index (κ3) is 5.78. The summed E-state index contributed by atoms with van der Waals surface area (Å²) in [5.74, 6) is -1.20. The Balaban J connectivity index is 2.18. The van der Waals surface area contributed by atoms with Gasteiger partial charge in [-0.3, -0.25) is 4.79 Å². The highest BCUT2D eigenvalue weighted by atomic mass is 35.5. The minimum absolute atomic E-state index is 0.0510. The van der Waals surface area contributed by atoms with E-state index in [1.165, 1.54) is 19.2 Å². The van der Waals surface area contributed by atoms with Crippen molar-refractivity contribution in [1.29, 1.82) is 0 Å². The molecule has 9 heteroatoms. The monoisotopic (exact) mass is 410 g/mol. The van der Waals surface area contributed by atoms with Gasteiger partial charge in [-0.1, -0.05) is 41.9 Å². The van der Waals surface area contributed by atoms with Crippen LogP contribution in [0.15, 0.2) is 48.5 Å². The highest BCUT2D eigenvalue weighted by Gasteiger charge is 2.22. The minimum Gasteiger partial charge on any atom is -0.465 e. The lowest BCUT2D eigenvalue weighted by atomic mass is 10.2. The molecule has 2 aromatic carbocycles. The average molecular weight is 411 g/mol. The molecule has 0 fully saturated rings. The zero-order valence-electron chi connectivity index (χ0n) is 14.8. The number of nitrogens with zero attached hydrogens (tertiary/aromatic N) is 1. The summed E-state index contributed by atoms with van der Waals surface area (Å²) in [5.41, 5.74) is 0.984. The molecule has 2 rings (SSSR count). The zero-order valence-corrected chi connectivity index (χ0v) is 16.4. The number of esters is 1. The zero-order chi connectivity index (χ0) is 20.0. The van der Waals surface area contributed by atoms with Crippen molar-refractivity contribution in [3.05, 3.63) is 64.7 Å². The summed E-state index contributed by atoms with van der Waals surface area (Å²) < 4.78 is 29.8. The molecule has 0 aliphatic heterocycles. The first kappa shape index (κ1) is 20.9. The molecular weight excluding hydrogens is 392 g/mol. The Labute approximate surface area is 162 Å². The summed E-state index contributed by atoms with van der Waals surface area (Å²) >= 11 is 6.08. The maximum atomic E-state index is 12.4. The quantitative estimate of drug-likeness (QED) is 0.708. The van der Waals surface area contributed by atoms with Gasteiger partial charge in [0.25, 0.3) is 0 Å². The van der Waals surface area contributed by atoms with Crippen molar-refractivity contribution in [2.45, 2.75) is 6.54 Å². The highest BCUT2D eigenvalue weighted by molar-refractivity contribution is 7.88. The summed E-state index contributed by atoms with van der Waals surface area (Å²) in [5, 5.41) is 2.96. The van der Waals surface area contributed by atoms with Gasteiger partial charge in [0.15, 0.2) is 0 Å². The molecule has 0 saturated heterocycles. The van der Waals surface area contributed by atoms with Gasteiger partial charge in [0.05, 0.1) is 31.2 Å². The molecule has 0 bridgehead atoms. The smallest absolute Gasteiger partial charge is 0.339 e. The molecule has 0 radical (unpaired) electrons. The number of benzene rings is 2. The maximum Gasteiger partial charge on any atom is 0.339 e. The van der Waals surface area contributed by atoms with Crippen LogP contribution in [0.2, 0.25) is 5.02 Å². The van der Waals surface area contributed by atoms with Crippen LogP contribution in [0, 0.1) is 0 Å². The van der Waals surface area contributed by atoms with E-state index < -0.39 is 28.4 Å². The normalized spacial score (nSPS) is 11.3. The lowest BCUT2D eigenvalue weighted by molar-refractivity contribution is -0.116. The predicted molar refractivity (Wildman–Crippen MR) is 103 cm³/mol. The summed E-state index contributed by atoms with van der Waals surface area (Å²) in [7, 11) is -2.44. The van der Waals surface area contributed by atoms with Gasteiger partial charge >= 0.3 is 5.97 Å². The first-order chi connectivity index (χ1) is 12.7. The number of halogens is 1. The first-order valence-corrected chi connectivity index (χ1v) is 10.1. The van der Waals surface area contributed by atoms with E-state index in [-0.39, 0.29) is 17.8 Å². The van der Waals surface area contributed by atoms with Gasteiger partial charge in [0, 0.05) is 11.6 Å². The first-order valence-electron chi connectivity index (χ1n) is 7.88. The fraction of sp³-hybridized carbons (Fsp3) is 0.222. The van der Waals surface area contributed by atoms with Crippen molar-refractivity contribution in [3.63, 3.8) is 0 Å². The second kappa shape index (κ2) is 8.98. The van der Waals surface area contributed by atoms with Crippen LogP contribution in [0.1, 0.15) is 15.9 Å². The Hall–Kier alpha value is -2.42. The summed E-state index contributed by atoms with van der Waals surface area (Å²) in [4.78, 5) is 24.2. The molecule has 2 aromatic rings. The van der Waals surface area contributed by atoms with E-state index in [0.717, 1.165) is 10.6 Å². The standard InChI is InChI=1S/C18H19ClN2O5S/c1-26-18(23)14-8-4-6-10-16(14)20-17(22)12-21(27(2,24)25)11-13-7-3-5-9-15(13)19/h3-10H,11-12H2,1-2H3,(H,20,22). The van der Waals surface area contributed by atoms with Crippen LogP contribution in [0.5, 0.6) is 0 Å². The largest absolute Gasteiger partial charge is 0.465 e. The van der Waals surface area contributed by atoms with Crippen LogP contribution in [-0.4, -0.2) is 44.5 Å². The second-order valence-corrected chi connectivity index (χ2v) is 8.10. The fourth-order valence-corrected chi connectivity index (χ4v) is 3.26. The number of para-hydroxylation sites is 1. The van der Waals surface area contributed by atoms with E-state index in [0.29, 0.717) is 10.6 Å². The van der Waals surface area contributed by atoms with Crippen molar-refractivity contribution in [2.24, 2.45) is 0 Å². The number of carbonyl (C=O) groups excluding carboxylic acids is 2. The molecule has 1 N–H and O–H groups in total. The summed E-state index contributed by atoms with van der Waals surface area (Å²) in [6, 6.07) is 13.1. The SMILES string of the molecule is COC(=O)c1ccccc1NC(=O)CN(Cc1ccccc1Cl)S(C)(=O)=O. The number of rotatable bonds is 7. The van der Waals surface area contributed by atoms with E-state index in [4.69, 9.17) is 11.6 Å². The van der Waals surface area contributed by atoms with Gasteiger partial charge in [-0.2, -0.15) is 4.31 Å². The van der Waals surface area contributed by atoms with Crippen LogP contribution in [0.3, 0.4) is 0 Å². The van der Waals surface area contributed by atoms with Crippen LogP contribution >= 0.6 is 11.6 Å². The number of sulfonamides is 1. The molecule has 0 unspecified atom stereocenters. The second-order valence-electron chi connectivity index (χ2n) is 5.71.